The minimum atomic E-state index is -1.07. The van der Waals surface area contributed by atoms with E-state index in [-0.39, 0.29) is 53.3 Å². The number of carbonyl (C=O) groups is 3. The second kappa shape index (κ2) is 18.6. The summed E-state index contributed by atoms with van der Waals surface area (Å²) >= 11 is 6.98. The van der Waals surface area contributed by atoms with E-state index in [4.69, 9.17) is 38.3 Å². The molecule has 21 heteroatoms. The van der Waals surface area contributed by atoms with Crippen molar-refractivity contribution in [3.05, 3.63) is 34.6 Å². The van der Waals surface area contributed by atoms with Crippen LogP contribution in [-0.2, 0) is 19.1 Å². The number of carbonyl (C=O) groups excluding carboxylic acids is 3. The van der Waals surface area contributed by atoms with Crippen molar-refractivity contribution in [2.45, 2.75) is 64.3 Å². The number of aromatic nitrogens is 4. The lowest BCUT2D eigenvalue weighted by molar-refractivity contribution is -0.156. The van der Waals surface area contributed by atoms with E-state index in [9.17, 15) is 24.9 Å². The number of rotatable bonds is 15. The van der Waals surface area contributed by atoms with Crippen molar-refractivity contribution >= 4 is 64.3 Å². The molecule has 4 atom stereocenters. The van der Waals surface area contributed by atoms with Crippen LogP contribution in [0.25, 0.3) is 5.65 Å². The Bertz CT molecular complexity index is 1950. The quantitative estimate of drug-likeness (QED) is 0.0492. The number of hydrogen-bond donors (Lipinski definition) is 7. The number of nitrogens with two attached hydrogens (primary N) is 3. The number of fused-ring (bicyclic) bond motifs is 1. The molecule has 20 nitrogen and oxygen atoms in total. The molecule has 1 aliphatic rings. The fourth-order valence-corrected chi connectivity index (χ4v) is 5.95. The molecule has 3 aromatic rings. The van der Waals surface area contributed by atoms with Gasteiger partial charge in [-0.3, -0.25) is 9.79 Å². The van der Waals surface area contributed by atoms with Gasteiger partial charge in [-0.05, 0) is 44.2 Å². The van der Waals surface area contributed by atoms with Crippen LogP contribution in [0.3, 0.4) is 0 Å². The van der Waals surface area contributed by atoms with Crippen molar-refractivity contribution in [3.8, 4) is 12.1 Å². The predicted octanol–water partition coefficient (Wildman–Crippen LogP) is 1.06. The van der Waals surface area contributed by atoms with E-state index in [1.807, 2.05) is 17.9 Å². The standard InChI is InChI=1S/C33H44ClN15O5/c1-5-40-27-28-42-15-19(14-36)49(28)47-32(46-27)43-22-11-18(13-35)12-23(25(22)34)48-10-8-21(44-33(52)53-4)24(16-48)54-30(51)26(17(2)3)45-29(50)20(37)7-6-9-41-31(38)39/h11-12,15,17,20-21,24,26H,5-10,16,37H2,1-4H3,(H,44,52)(H,45,50)(H4,38,39,41)(H2,40,43,46,47)/t20-,21+,24+,26?/m0/s1. The topological polar surface area (TPSA) is 302 Å². The molecule has 288 valence electrons. The van der Waals surface area contributed by atoms with Gasteiger partial charge in [0.15, 0.2) is 23.1 Å². The smallest absolute Gasteiger partial charge is 0.407 e. The molecule has 0 spiro atoms. The zero-order chi connectivity index (χ0) is 39.5. The van der Waals surface area contributed by atoms with E-state index in [1.54, 1.807) is 19.9 Å². The lowest BCUT2D eigenvalue weighted by atomic mass is 9.99. The Kier molecular flexibility index (Phi) is 14.0. The van der Waals surface area contributed by atoms with Gasteiger partial charge in [-0.25, -0.2) is 14.6 Å². The third-order valence-corrected chi connectivity index (χ3v) is 8.83. The molecule has 0 saturated carbocycles. The molecule has 2 amide bonds. The fourth-order valence-electron chi connectivity index (χ4n) is 5.67. The van der Waals surface area contributed by atoms with Crippen molar-refractivity contribution in [2.24, 2.45) is 28.1 Å². The molecule has 0 bridgehead atoms. The lowest BCUT2D eigenvalue weighted by Gasteiger charge is -2.40. The average Bonchev–Trinajstić information content (AvgIpc) is 3.56. The number of imidazole rings is 1. The minimum Gasteiger partial charge on any atom is -0.457 e. The van der Waals surface area contributed by atoms with Gasteiger partial charge in [-0.2, -0.15) is 20.0 Å². The first-order valence-electron chi connectivity index (χ1n) is 17.1. The van der Waals surface area contributed by atoms with Crippen molar-refractivity contribution in [1.82, 2.24) is 30.2 Å². The number of ether oxygens (including phenoxy) is 2. The number of nitrogens with one attached hydrogen (secondary N) is 4. The van der Waals surface area contributed by atoms with Crippen LogP contribution in [0.5, 0.6) is 0 Å². The van der Waals surface area contributed by atoms with E-state index in [0.29, 0.717) is 43.2 Å². The molecule has 1 unspecified atom stereocenters. The number of hydrogen-bond acceptors (Lipinski definition) is 15. The summed E-state index contributed by atoms with van der Waals surface area (Å²) in [7, 11) is 1.22. The lowest BCUT2D eigenvalue weighted by Crippen LogP contribution is -2.58. The van der Waals surface area contributed by atoms with E-state index in [1.165, 1.54) is 23.9 Å². The molecule has 10 N–H and O–H groups in total. The number of alkyl carbamates (subject to hydrolysis) is 1. The fraction of sp³-hybridized carbons (Fsp3) is 0.485. The third-order valence-electron chi connectivity index (χ3n) is 8.43. The first-order valence-corrected chi connectivity index (χ1v) is 17.5. The van der Waals surface area contributed by atoms with Crippen LogP contribution < -0.4 is 43.4 Å². The molecule has 1 saturated heterocycles. The number of esters is 1. The normalized spacial score (nSPS) is 16.4. The molecule has 3 heterocycles. The SMILES string of the molecule is CCNc1nc(Nc2cc(C#N)cc(N3CC[C@@H](NC(=O)OC)[C@H](OC(=O)C(NC(=O)[C@@H](N)CCCN=C(N)N)C(C)C)C3)c2Cl)nn2c(C#N)cnc12. The molecule has 54 heavy (non-hydrogen) atoms. The molecule has 0 aliphatic carbocycles. The van der Waals surface area contributed by atoms with Gasteiger partial charge in [0, 0.05) is 19.6 Å². The predicted molar refractivity (Wildman–Crippen MR) is 200 cm³/mol. The van der Waals surface area contributed by atoms with Crippen LogP contribution in [0, 0.1) is 28.6 Å². The summed E-state index contributed by atoms with van der Waals surface area (Å²) in [6, 6.07) is 4.60. The van der Waals surface area contributed by atoms with Gasteiger partial charge in [-0.1, -0.05) is 25.4 Å². The maximum absolute atomic E-state index is 13.7. The third kappa shape index (κ3) is 10.1. The number of aliphatic imine (C=N–C) groups is 1. The Hall–Kier alpha value is -6.12. The van der Waals surface area contributed by atoms with Crippen molar-refractivity contribution in [3.63, 3.8) is 0 Å². The molecule has 1 aliphatic heterocycles. The highest BCUT2D eigenvalue weighted by Crippen LogP contribution is 2.37. The van der Waals surface area contributed by atoms with E-state index >= 15 is 0 Å². The Labute approximate surface area is 316 Å². The number of amides is 2. The Balaban J connectivity index is 1.60. The summed E-state index contributed by atoms with van der Waals surface area (Å²) in [5.74, 6) is -1.31. The summed E-state index contributed by atoms with van der Waals surface area (Å²) in [5, 5.41) is 35.7. The number of methoxy groups -OCH3 is 1. The second-order valence-corrected chi connectivity index (χ2v) is 13.0. The second-order valence-electron chi connectivity index (χ2n) is 12.6. The van der Waals surface area contributed by atoms with Crippen LogP contribution in [0.1, 0.15) is 51.3 Å². The summed E-state index contributed by atoms with van der Waals surface area (Å²) in [4.78, 5) is 53.4. The van der Waals surface area contributed by atoms with Crippen LogP contribution in [-0.4, -0.2) is 101 Å². The van der Waals surface area contributed by atoms with Crippen LogP contribution in [0.15, 0.2) is 23.3 Å². The molecular formula is C33H44ClN15O5. The molecule has 4 rings (SSSR count). The monoisotopic (exact) mass is 765 g/mol. The maximum atomic E-state index is 13.7. The van der Waals surface area contributed by atoms with Crippen LogP contribution >= 0.6 is 11.6 Å². The van der Waals surface area contributed by atoms with E-state index in [0.717, 1.165) is 0 Å². The van der Waals surface area contributed by atoms with Crippen molar-refractivity contribution < 1.29 is 23.9 Å². The highest BCUT2D eigenvalue weighted by molar-refractivity contribution is 6.36. The molecular weight excluding hydrogens is 722 g/mol. The Morgan fingerprint density at radius 1 is 1.20 bits per heavy atom. The summed E-state index contributed by atoms with van der Waals surface area (Å²) in [5.41, 5.74) is 18.2. The van der Waals surface area contributed by atoms with Gasteiger partial charge < -0.3 is 52.8 Å². The highest BCUT2D eigenvalue weighted by Gasteiger charge is 2.37. The Morgan fingerprint density at radius 2 is 1.96 bits per heavy atom. The summed E-state index contributed by atoms with van der Waals surface area (Å²) in [6.07, 6.45) is 0.703. The van der Waals surface area contributed by atoms with Crippen LogP contribution in [0.2, 0.25) is 5.02 Å². The first-order chi connectivity index (χ1) is 25.8. The van der Waals surface area contributed by atoms with Gasteiger partial charge in [0.1, 0.15) is 18.2 Å². The number of benzene rings is 1. The van der Waals surface area contributed by atoms with Gasteiger partial charge in [0.25, 0.3) is 0 Å². The number of guanidine groups is 1. The van der Waals surface area contributed by atoms with Crippen LogP contribution in [0.4, 0.5) is 27.9 Å². The van der Waals surface area contributed by atoms with Gasteiger partial charge in [0.05, 0.1) is 60.0 Å². The maximum Gasteiger partial charge on any atom is 0.407 e. The average molecular weight is 766 g/mol. The zero-order valence-electron chi connectivity index (χ0n) is 30.3. The van der Waals surface area contributed by atoms with Gasteiger partial charge >= 0.3 is 12.1 Å². The molecule has 1 aromatic carbocycles. The Morgan fingerprint density at radius 3 is 2.61 bits per heavy atom. The van der Waals surface area contributed by atoms with Crippen molar-refractivity contribution in [2.75, 3.05) is 48.8 Å². The first kappa shape index (κ1) is 40.6. The molecule has 0 radical (unpaired) electrons. The number of nitriles is 2. The number of anilines is 4. The van der Waals surface area contributed by atoms with Crippen molar-refractivity contribution in [1.29, 1.82) is 10.5 Å². The van der Waals surface area contributed by atoms with E-state index in [2.05, 4.69) is 47.4 Å². The van der Waals surface area contributed by atoms with Gasteiger partial charge in [0.2, 0.25) is 11.9 Å². The largest absolute Gasteiger partial charge is 0.457 e. The highest BCUT2D eigenvalue weighted by atomic mass is 35.5. The zero-order valence-corrected chi connectivity index (χ0v) is 31.1. The summed E-state index contributed by atoms with van der Waals surface area (Å²) in [6.45, 7) is 6.53. The van der Waals surface area contributed by atoms with E-state index < -0.39 is 48.1 Å². The summed E-state index contributed by atoms with van der Waals surface area (Å²) < 4.78 is 12.2. The minimum absolute atomic E-state index is 0.0328. The molecule has 2 aromatic heterocycles. The molecule has 1 fully saturated rings. The number of piperidine rings is 1. The number of halogens is 1. The van der Waals surface area contributed by atoms with Gasteiger partial charge in [-0.15, -0.1) is 5.10 Å². The number of nitrogens with zero attached hydrogens (tertiary/aromatic N) is 8.